The van der Waals surface area contributed by atoms with Crippen LogP contribution in [0.1, 0.15) is 9.67 Å². The summed E-state index contributed by atoms with van der Waals surface area (Å²) < 4.78 is 13.5. The van der Waals surface area contributed by atoms with Crippen LogP contribution in [0.2, 0.25) is 5.02 Å². The number of halogens is 2. The summed E-state index contributed by atoms with van der Waals surface area (Å²) in [5.41, 5.74) is -0.0374. The highest BCUT2D eigenvalue weighted by Gasteiger charge is 2.11. The number of hydrogen-bond donors (Lipinski definition) is 3. The van der Waals surface area contributed by atoms with Gasteiger partial charge in [-0.2, -0.15) is 0 Å². The molecule has 0 aliphatic heterocycles. The molecule has 0 saturated heterocycles. The van der Waals surface area contributed by atoms with Crippen LogP contribution in [0.5, 0.6) is 0 Å². The Morgan fingerprint density at radius 1 is 1.08 bits per heavy atom. The number of hydrogen-bond acceptors (Lipinski definition) is 4. The predicted octanol–water partition coefficient (Wildman–Crippen LogP) is 2.03. The van der Waals surface area contributed by atoms with Gasteiger partial charge in [-0.1, -0.05) is 17.7 Å². The molecule has 1 aromatic carbocycles. The minimum absolute atomic E-state index is 0.0374. The third-order valence-electron chi connectivity index (χ3n) is 2.81. The van der Waals surface area contributed by atoms with Crippen molar-refractivity contribution in [3.63, 3.8) is 0 Å². The SMILES string of the molecule is O=C(CNC(=O)c1cccs1)NCC(=O)Nc1ccc(Cl)cc1F. The Labute approximate surface area is 146 Å². The van der Waals surface area contributed by atoms with Gasteiger partial charge in [0.15, 0.2) is 0 Å². The Morgan fingerprint density at radius 3 is 2.50 bits per heavy atom. The van der Waals surface area contributed by atoms with Crippen LogP contribution in [-0.4, -0.2) is 30.8 Å². The number of rotatable bonds is 6. The summed E-state index contributed by atoms with van der Waals surface area (Å²) in [6, 6.07) is 7.17. The molecule has 9 heteroatoms. The number of anilines is 1. The van der Waals surface area contributed by atoms with E-state index in [0.29, 0.717) is 4.88 Å². The average molecular weight is 370 g/mol. The fourth-order valence-electron chi connectivity index (χ4n) is 1.68. The predicted molar refractivity (Wildman–Crippen MR) is 89.7 cm³/mol. The summed E-state index contributed by atoms with van der Waals surface area (Å²) in [7, 11) is 0. The van der Waals surface area contributed by atoms with Crippen LogP contribution in [0.3, 0.4) is 0 Å². The van der Waals surface area contributed by atoms with Crippen molar-refractivity contribution >= 4 is 46.3 Å². The van der Waals surface area contributed by atoms with E-state index in [2.05, 4.69) is 16.0 Å². The van der Waals surface area contributed by atoms with Crippen molar-refractivity contribution in [2.24, 2.45) is 0 Å². The van der Waals surface area contributed by atoms with E-state index in [4.69, 9.17) is 11.6 Å². The second-order valence-electron chi connectivity index (χ2n) is 4.61. The molecule has 0 spiro atoms. The minimum Gasteiger partial charge on any atom is -0.345 e. The summed E-state index contributed by atoms with van der Waals surface area (Å²) in [6.45, 7) is -0.616. The fraction of sp³-hybridized carbons (Fsp3) is 0.133. The topological polar surface area (TPSA) is 87.3 Å². The summed E-state index contributed by atoms with van der Waals surface area (Å²) >= 11 is 6.86. The van der Waals surface area contributed by atoms with Crippen LogP contribution in [0.15, 0.2) is 35.7 Å². The van der Waals surface area contributed by atoms with Gasteiger partial charge in [-0.15, -0.1) is 11.3 Å². The number of amides is 3. The molecule has 0 saturated carbocycles. The molecule has 3 amide bonds. The van der Waals surface area contributed by atoms with E-state index in [0.717, 1.165) is 6.07 Å². The van der Waals surface area contributed by atoms with Gasteiger partial charge in [-0.05, 0) is 29.6 Å². The molecule has 0 radical (unpaired) electrons. The number of thiophene rings is 1. The zero-order chi connectivity index (χ0) is 17.5. The minimum atomic E-state index is -0.676. The van der Waals surface area contributed by atoms with E-state index in [1.54, 1.807) is 17.5 Å². The highest BCUT2D eigenvalue weighted by atomic mass is 35.5. The van der Waals surface area contributed by atoms with Crippen LogP contribution in [0.4, 0.5) is 10.1 Å². The molecule has 1 heterocycles. The molecule has 6 nitrogen and oxygen atoms in total. The monoisotopic (exact) mass is 369 g/mol. The Bertz CT molecular complexity index is 752. The van der Waals surface area contributed by atoms with Gasteiger partial charge in [0.05, 0.1) is 23.7 Å². The van der Waals surface area contributed by atoms with Crippen molar-refractivity contribution in [2.45, 2.75) is 0 Å². The summed E-state index contributed by atoms with van der Waals surface area (Å²) in [5.74, 6) is -2.18. The van der Waals surface area contributed by atoms with Crippen molar-refractivity contribution in [3.8, 4) is 0 Å². The van der Waals surface area contributed by atoms with Crippen LogP contribution in [-0.2, 0) is 9.59 Å². The lowest BCUT2D eigenvalue weighted by molar-refractivity contribution is -0.123. The number of carbonyl (C=O) groups excluding carboxylic acids is 3. The Kier molecular flexibility index (Phi) is 6.28. The number of benzene rings is 1. The molecular formula is C15H13ClFN3O3S. The molecule has 0 bridgehead atoms. The maximum Gasteiger partial charge on any atom is 0.261 e. The van der Waals surface area contributed by atoms with Gasteiger partial charge in [0.1, 0.15) is 5.82 Å². The molecule has 0 atom stereocenters. The fourth-order valence-corrected chi connectivity index (χ4v) is 2.48. The summed E-state index contributed by atoms with van der Waals surface area (Å²) in [4.78, 5) is 35.4. The third kappa shape index (κ3) is 5.32. The van der Waals surface area contributed by atoms with E-state index in [9.17, 15) is 18.8 Å². The second-order valence-corrected chi connectivity index (χ2v) is 5.99. The Balaban J connectivity index is 1.73. The second kappa shape index (κ2) is 8.42. The van der Waals surface area contributed by atoms with Crippen molar-refractivity contribution in [3.05, 3.63) is 51.4 Å². The molecule has 1 aromatic heterocycles. The summed E-state index contributed by atoms with van der Waals surface area (Å²) in [6.07, 6.45) is 0. The van der Waals surface area contributed by atoms with Crippen LogP contribution >= 0.6 is 22.9 Å². The molecule has 0 aliphatic rings. The van der Waals surface area contributed by atoms with Crippen molar-refractivity contribution < 1.29 is 18.8 Å². The molecule has 2 aromatic rings. The maximum absolute atomic E-state index is 13.5. The van der Waals surface area contributed by atoms with Crippen molar-refractivity contribution in [2.75, 3.05) is 18.4 Å². The van der Waals surface area contributed by atoms with E-state index >= 15 is 0 Å². The molecule has 0 aliphatic carbocycles. The molecule has 126 valence electrons. The van der Waals surface area contributed by atoms with Gasteiger partial charge in [0.2, 0.25) is 11.8 Å². The lowest BCUT2D eigenvalue weighted by atomic mass is 10.3. The number of nitrogens with one attached hydrogen (secondary N) is 3. The highest BCUT2D eigenvalue weighted by Crippen LogP contribution is 2.18. The Morgan fingerprint density at radius 2 is 1.83 bits per heavy atom. The van der Waals surface area contributed by atoms with Gasteiger partial charge in [0.25, 0.3) is 5.91 Å². The molecule has 24 heavy (non-hydrogen) atoms. The molecule has 3 N–H and O–H groups in total. The van der Waals surface area contributed by atoms with Gasteiger partial charge < -0.3 is 16.0 Å². The van der Waals surface area contributed by atoms with E-state index in [1.165, 1.54) is 23.5 Å². The van der Waals surface area contributed by atoms with Gasteiger partial charge in [-0.25, -0.2) is 4.39 Å². The maximum atomic E-state index is 13.5. The average Bonchev–Trinajstić information content (AvgIpc) is 3.08. The third-order valence-corrected chi connectivity index (χ3v) is 3.91. The Hall–Kier alpha value is -2.45. The lowest BCUT2D eigenvalue weighted by Gasteiger charge is -2.08. The van der Waals surface area contributed by atoms with Crippen molar-refractivity contribution in [1.29, 1.82) is 0 Å². The highest BCUT2D eigenvalue weighted by molar-refractivity contribution is 7.12. The first-order chi connectivity index (χ1) is 11.5. The van der Waals surface area contributed by atoms with Crippen LogP contribution < -0.4 is 16.0 Å². The van der Waals surface area contributed by atoms with Crippen molar-refractivity contribution in [1.82, 2.24) is 10.6 Å². The summed E-state index contributed by atoms with van der Waals surface area (Å²) in [5, 5.41) is 9.01. The first kappa shape index (κ1) is 17.9. The molecule has 2 rings (SSSR count). The first-order valence-corrected chi connectivity index (χ1v) is 8.05. The smallest absolute Gasteiger partial charge is 0.261 e. The van der Waals surface area contributed by atoms with E-state index in [-0.39, 0.29) is 29.7 Å². The first-order valence-electron chi connectivity index (χ1n) is 6.79. The van der Waals surface area contributed by atoms with Gasteiger partial charge in [-0.3, -0.25) is 14.4 Å². The quantitative estimate of drug-likeness (QED) is 0.728. The number of carbonyl (C=O) groups is 3. The lowest BCUT2D eigenvalue weighted by Crippen LogP contribution is -2.40. The molecular weight excluding hydrogens is 357 g/mol. The zero-order valence-electron chi connectivity index (χ0n) is 12.3. The molecule has 0 unspecified atom stereocenters. The largest absolute Gasteiger partial charge is 0.345 e. The normalized spacial score (nSPS) is 10.1. The molecule has 0 fully saturated rings. The van der Waals surface area contributed by atoms with Gasteiger partial charge in [0, 0.05) is 5.02 Å². The van der Waals surface area contributed by atoms with Crippen LogP contribution in [0.25, 0.3) is 0 Å². The van der Waals surface area contributed by atoms with Gasteiger partial charge >= 0.3 is 0 Å². The van der Waals surface area contributed by atoms with E-state index in [1.807, 2.05) is 0 Å². The van der Waals surface area contributed by atoms with Crippen LogP contribution in [0, 0.1) is 5.82 Å². The van der Waals surface area contributed by atoms with E-state index < -0.39 is 17.6 Å². The zero-order valence-corrected chi connectivity index (χ0v) is 13.8. The standard InChI is InChI=1S/C15H13ClFN3O3S/c16-9-3-4-11(10(17)6-9)20-14(22)8-18-13(21)7-19-15(23)12-2-1-5-24-12/h1-6H,7-8H2,(H,18,21)(H,19,23)(H,20,22).